The summed E-state index contributed by atoms with van der Waals surface area (Å²) in [5.74, 6) is 0.561. The van der Waals surface area contributed by atoms with Crippen LogP contribution in [0.25, 0.3) is 0 Å². The molecule has 88 valence electrons. The van der Waals surface area contributed by atoms with Gasteiger partial charge >= 0.3 is 0 Å². The molecule has 0 aliphatic carbocycles. The topological polar surface area (TPSA) is 65.4 Å². The first kappa shape index (κ1) is 11.3. The number of nitriles is 1. The van der Waals surface area contributed by atoms with Crippen molar-refractivity contribution in [1.29, 1.82) is 5.26 Å². The lowest BCUT2D eigenvalue weighted by Gasteiger charge is -2.18. The second-order valence-electron chi connectivity index (χ2n) is 3.94. The number of benzene rings is 1. The highest BCUT2D eigenvalue weighted by Crippen LogP contribution is 2.28. The van der Waals surface area contributed by atoms with E-state index in [1.165, 1.54) is 0 Å². The first-order chi connectivity index (χ1) is 8.19. The number of anilines is 1. The van der Waals surface area contributed by atoms with Crippen LogP contribution in [0.2, 0.25) is 0 Å². The Morgan fingerprint density at radius 1 is 1.59 bits per heavy atom. The van der Waals surface area contributed by atoms with Crippen molar-refractivity contribution < 1.29 is 9.53 Å². The minimum Gasteiger partial charge on any atom is -0.482 e. The third kappa shape index (κ3) is 2.67. The lowest BCUT2D eigenvalue weighted by atomic mass is 10.1. The number of ether oxygens (including phenoxy) is 1. The van der Waals surface area contributed by atoms with Crippen LogP contribution >= 0.6 is 0 Å². The van der Waals surface area contributed by atoms with Crippen LogP contribution < -0.4 is 10.1 Å². The van der Waals surface area contributed by atoms with Gasteiger partial charge in [0.25, 0.3) is 5.91 Å². The zero-order valence-electron chi connectivity index (χ0n) is 9.56. The van der Waals surface area contributed by atoms with E-state index in [-0.39, 0.29) is 12.5 Å². The number of nitrogens with one attached hydrogen (secondary N) is 1. The molecular formula is C12H13N3O2. The van der Waals surface area contributed by atoms with Gasteiger partial charge in [-0.25, -0.2) is 0 Å². The van der Waals surface area contributed by atoms with Crippen LogP contribution in [-0.4, -0.2) is 31.0 Å². The molecule has 1 aliphatic heterocycles. The third-order valence-corrected chi connectivity index (χ3v) is 2.58. The van der Waals surface area contributed by atoms with Crippen molar-refractivity contribution in [2.45, 2.75) is 6.42 Å². The summed E-state index contributed by atoms with van der Waals surface area (Å²) in [6.07, 6.45) is 2.80. The molecule has 0 saturated carbocycles. The molecule has 2 rings (SSSR count). The summed E-state index contributed by atoms with van der Waals surface area (Å²) in [6, 6.07) is 5.68. The predicted molar refractivity (Wildman–Crippen MR) is 62.5 cm³/mol. The van der Waals surface area contributed by atoms with E-state index in [1.54, 1.807) is 11.9 Å². The molecule has 5 nitrogen and oxygen atoms in total. The van der Waals surface area contributed by atoms with Crippen LogP contribution in [0.1, 0.15) is 5.56 Å². The van der Waals surface area contributed by atoms with Gasteiger partial charge in [0, 0.05) is 13.6 Å². The molecule has 1 aromatic carbocycles. The summed E-state index contributed by atoms with van der Waals surface area (Å²) in [5.41, 5.74) is 1.77. The number of amides is 1. The Morgan fingerprint density at radius 3 is 3.18 bits per heavy atom. The van der Waals surface area contributed by atoms with Gasteiger partial charge in [0.05, 0.1) is 5.69 Å². The minimum absolute atomic E-state index is 0.0729. The highest BCUT2D eigenvalue weighted by atomic mass is 16.5. The Balaban J connectivity index is 2.08. The molecule has 0 aromatic heterocycles. The molecule has 0 spiro atoms. The summed E-state index contributed by atoms with van der Waals surface area (Å²) in [6.45, 7) is 0.730. The monoisotopic (exact) mass is 231 g/mol. The van der Waals surface area contributed by atoms with Gasteiger partial charge in [-0.05, 0) is 24.1 Å². The largest absolute Gasteiger partial charge is 0.482 e. The van der Waals surface area contributed by atoms with Crippen LogP contribution in [0.15, 0.2) is 18.2 Å². The van der Waals surface area contributed by atoms with Gasteiger partial charge in [0.1, 0.15) is 5.75 Å². The molecule has 1 aliphatic rings. The van der Waals surface area contributed by atoms with Gasteiger partial charge in [-0.3, -0.25) is 4.79 Å². The van der Waals surface area contributed by atoms with Crippen molar-refractivity contribution in [3.8, 4) is 11.9 Å². The molecule has 0 atom stereocenters. The number of rotatable bonds is 3. The summed E-state index contributed by atoms with van der Waals surface area (Å²) >= 11 is 0. The summed E-state index contributed by atoms with van der Waals surface area (Å²) in [5, 5.41) is 11.4. The molecule has 1 N–H and O–H groups in total. The molecule has 0 unspecified atom stereocenters. The Labute approximate surface area is 99.6 Å². The molecule has 5 heteroatoms. The molecule has 1 amide bonds. The number of fused-ring (bicyclic) bond motifs is 1. The number of hydrogen-bond donors (Lipinski definition) is 1. The Hall–Kier alpha value is -2.22. The number of likely N-dealkylation sites (N-methyl/N-ethyl adjacent to an activating group) is 1. The number of carbonyl (C=O) groups excluding carboxylic acids is 1. The number of hydrogen-bond acceptors (Lipinski definition) is 4. The summed E-state index contributed by atoms with van der Waals surface area (Å²) < 4.78 is 5.26. The third-order valence-electron chi connectivity index (χ3n) is 2.58. The SMILES string of the molecule is CN(C#N)CCc1ccc2c(c1)NC(=O)CO2. The number of carbonyl (C=O) groups is 1. The Kier molecular flexibility index (Phi) is 3.15. The van der Waals surface area contributed by atoms with Crippen molar-refractivity contribution in [1.82, 2.24) is 4.90 Å². The van der Waals surface area contributed by atoms with E-state index < -0.39 is 0 Å². The van der Waals surface area contributed by atoms with Gasteiger partial charge in [-0.1, -0.05) is 6.07 Å². The zero-order chi connectivity index (χ0) is 12.3. The summed E-state index contributed by atoms with van der Waals surface area (Å²) in [4.78, 5) is 12.7. The molecular weight excluding hydrogens is 218 g/mol. The Bertz CT molecular complexity index is 479. The van der Waals surface area contributed by atoms with E-state index >= 15 is 0 Å². The molecule has 1 aromatic rings. The molecule has 17 heavy (non-hydrogen) atoms. The van der Waals surface area contributed by atoms with Crippen LogP contribution in [0, 0.1) is 11.5 Å². The molecule has 0 radical (unpaired) electrons. The van der Waals surface area contributed by atoms with Crippen molar-refractivity contribution in [2.24, 2.45) is 0 Å². The average molecular weight is 231 g/mol. The van der Waals surface area contributed by atoms with Crippen LogP contribution in [0.3, 0.4) is 0 Å². The maximum Gasteiger partial charge on any atom is 0.262 e. The van der Waals surface area contributed by atoms with Gasteiger partial charge in [0.2, 0.25) is 0 Å². The van der Waals surface area contributed by atoms with Crippen molar-refractivity contribution in [2.75, 3.05) is 25.5 Å². The first-order valence-corrected chi connectivity index (χ1v) is 5.35. The summed E-state index contributed by atoms with van der Waals surface area (Å²) in [7, 11) is 1.74. The van der Waals surface area contributed by atoms with Gasteiger partial charge < -0.3 is 15.0 Å². The zero-order valence-corrected chi connectivity index (χ0v) is 9.56. The minimum atomic E-state index is -0.135. The van der Waals surface area contributed by atoms with Gasteiger partial charge in [0.15, 0.2) is 12.8 Å². The lowest BCUT2D eigenvalue weighted by Crippen LogP contribution is -2.25. The fourth-order valence-corrected chi connectivity index (χ4v) is 1.63. The first-order valence-electron chi connectivity index (χ1n) is 5.35. The van der Waals surface area contributed by atoms with Crippen LogP contribution in [-0.2, 0) is 11.2 Å². The maximum atomic E-state index is 11.2. The second-order valence-corrected chi connectivity index (χ2v) is 3.94. The predicted octanol–water partition coefficient (Wildman–Crippen LogP) is 0.973. The molecule has 0 bridgehead atoms. The molecule has 0 saturated heterocycles. The smallest absolute Gasteiger partial charge is 0.262 e. The highest BCUT2D eigenvalue weighted by molar-refractivity contribution is 5.95. The van der Waals surface area contributed by atoms with E-state index in [1.807, 2.05) is 24.4 Å². The number of nitrogens with zero attached hydrogens (tertiary/aromatic N) is 2. The standard InChI is InChI=1S/C12H13N3O2/c1-15(8-13)5-4-9-2-3-11-10(6-9)14-12(16)7-17-11/h2-3,6H,4-5,7H2,1H3,(H,14,16). The van der Waals surface area contributed by atoms with E-state index in [0.29, 0.717) is 18.0 Å². The molecule has 1 heterocycles. The average Bonchev–Trinajstić information content (AvgIpc) is 2.35. The van der Waals surface area contributed by atoms with Crippen molar-refractivity contribution >= 4 is 11.6 Å². The fraction of sp³-hybridized carbons (Fsp3) is 0.333. The highest BCUT2D eigenvalue weighted by Gasteiger charge is 2.15. The second kappa shape index (κ2) is 4.74. The van der Waals surface area contributed by atoms with Crippen LogP contribution in [0.5, 0.6) is 5.75 Å². The van der Waals surface area contributed by atoms with Crippen molar-refractivity contribution in [3.05, 3.63) is 23.8 Å². The van der Waals surface area contributed by atoms with Crippen LogP contribution in [0.4, 0.5) is 5.69 Å². The van der Waals surface area contributed by atoms with Gasteiger partial charge in [-0.15, -0.1) is 0 Å². The van der Waals surface area contributed by atoms with E-state index in [0.717, 1.165) is 12.0 Å². The Morgan fingerprint density at radius 2 is 2.41 bits per heavy atom. The molecule has 0 fully saturated rings. The quantitative estimate of drug-likeness (QED) is 0.622. The normalized spacial score (nSPS) is 13.1. The van der Waals surface area contributed by atoms with E-state index in [2.05, 4.69) is 5.32 Å². The lowest BCUT2D eigenvalue weighted by molar-refractivity contribution is -0.118. The van der Waals surface area contributed by atoms with Crippen molar-refractivity contribution in [3.63, 3.8) is 0 Å². The van der Waals surface area contributed by atoms with Gasteiger partial charge in [-0.2, -0.15) is 5.26 Å². The van der Waals surface area contributed by atoms with E-state index in [9.17, 15) is 4.79 Å². The maximum absolute atomic E-state index is 11.2. The van der Waals surface area contributed by atoms with E-state index in [4.69, 9.17) is 10.00 Å². The fourth-order valence-electron chi connectivity index (χ4n) is 1.63.